The molecule has 0 bridgehead atoms. The van der Waals surface area contributed by atoms with E-state index >= 15 is 0 Å². The zero-order valence-electron chi connectivity index (χ0n) is 16.6. The maximum absolute atomic E-state index is 13.3. The number of anilines is 1. The lowest BCUT2D eigenvalue weighted by Crippen LogP contribution is -2.40. The number of nitrogens with zero attached hydrogens (tertiary/aromatic N) is 3. The largest absolute Gasteiger partial charge is 0.497 e. The molecule has 3 heterocycles. The summed E-state index contributed by atoms with van der Waals surface area (Å²) in [6.07, 6.45) is 3.23. The summed E-state index contributed by atoms with van der Waals surface area (Å²) in [5.74, 6) is 0.554. The van der Waals surface area contributed by atoms with Crippen LogP contribution in [-0.2, 0) is 28.2 Å². The molecule has 2 aromatic rings. The molecule has 29 heavy (non-hydrogen) atoms. The number of rotatable bonds is 4. The first-order chi connectivity index (χ1) is 13.9. The van der Waals surface area contributed by atoms with E-state index in [1.165, 1.54) is 16.6 Å². The Morgan fingerprint density at radius 1 is 1.14 bits per heavy atom. The summed E-state index contributed by atoms with van der Waals surface area (Å²) < 4.78 is 39.4. The molecule has 0 aliphatic carbocycles. The fraction of sp³-hybridized carbons (Fsp3) is 0.450. The SMILES string of the molecule is COc1ccc2c(c1)CCCN2C(=O)c1cc(S(=O)(=O)N2CCOCC2)cn1C. The van der Waals surface area contributed by atoms with Gasteiger partial charge in [-0.2, -0.15) is 4.31 Å². The van der Waals surface area contributed by atoms with Crippen LogP contribution in [0.2, 0.25) is 0 Å². The lowest BCUT2D eigenvalue weighted by molar-refractivity contribution is 0.0730. The average Bonchev–Trinajstić information content (AvgIpc) is 3.15. The van der Waals surface area contributed by atoms with Gasteiger partial charge in [-0.25, -0.2) is 8.42 Å². The van der Waals surface area contributed by atoms with Gasteiger partial charge in [-0.05, 0) is 42.7 Å². The fourth-order valence-corrected chi connectivity index (χ4v) is 5.35. The van der Waals surface area contributed by atoms with Crippen LogP contribution in [-0.4, -0.2) is 63.2 Å². The predicted octanol–water partition coefficient (Wildman–Crippen LogP) is 1.65. The molecule has 1 amide bonds. The summed E-state index contributed by atoms with van der Waals surface area (Å²) in [6, 6.07) is 7.16. The van der Waals surface area contributed by atoms with E-state index in [4.69, 9.17) is 9.47 Å². The summed E-state index contributed by atoms with van der Waals surface area (Å²) >= 11 is 0. The van der Waals surface area contributed by atoms with E-state index in [0.29, 0.717) is 38.5 Å². The number of methoxy groups -OCH3 is 1. The number of ether oxygens (including phenoxy) is 2. The molecule has 1 aromatic carbocycles. The average molecular weight is 420 g/mol. The molecule has 8 nitrogen and oxygen atoms in total. The minimum Gasteiger partial charge on any atom is -0.497 e. The van der Waals surface area contributed by atoms with E-state index < -0.39 is 10.0 Å². The number of amides is 1. The third-order valence-corrected chi connectivity index (χ3v) is 7.32. The van der Waals surface area contributed by atoms with Crippen molar-refractivity contribution >= 4 is 21.6 Å². The number of sulfonamides is 1. The fourth-order valence-electron chi connectivity index (χ4n) is 3.87. The van der Waals surface area contributed by atoms with Crippen molar-refractivity contribution < 1.29 is 22.7 Å². The molecule has 0 unspecified atom stereocenters. The van der Waals surface area contributed by atoms with Crippen LogP contribution in [0.3, 0.4) is 0 Å². The first kappa shape index (κ1) is 19.9. The van der Waals surface area contributed by atoms with E-state index in [-0.39, 0.29) is 10.8 Å². The molecule has 4 rings (SSSR count). The third kappa shape index (κ3) is 3.65. The highest BCUT2D eigenvalue weighted by Gasteiger charge is 2.31. The third-order valence-electron chi connectivity index (χ3n) is 5.46. The van der Waals surface area contributed by atoms with Gasteiger partial charge in [-0.15, -0.1) is 0 Å². The summed E-state index contributed by atoms with van der Waals surface area (Å²) in [7, 11) is -0.334. The molecule has 2 aliphatic rings. The smallest absolute Gasteiger partial charge is 0.274 e. The van der Waals surface area contributed by atoms with E-state index in [1.807, 2.05) is 18.2 Å². The lowest BCUT2D eigenvalue weighted by atomic mass is 10.0. The lowest BCUT2D eigenvalue weighted by Gasteiger charge is -2.29. The Bertz CT molecular complexity index is 1020. The Morgan fingerprint density at radius 2 is 1.90 bits per heavy atom. The molecule has 2 aliphatic heterocycles. The second-order valence-corrected chi connectivity index (χ2v) is 9.18. The van der Waals surface area contributed by atoms with Gasteiger partial charge in [0.05, 0.1) is 20.3 Å². The second-order valence-electron chi connectivity index (χ2n) is 7.24. The molecular weight excluding hydrogens is 394 g/mol. The number of aryl methyl sites for hydroxylation is 2. The van der Waals surface area contributed by atoms with Gasteiger partial charge < -0.3 is 18.9 Å². The highest BCUT2D eigenvalue weighted by Crippen LogP contribution is 2.32. The van der Waals surface area contributed by atoms with Crippen molar-refractivity contribution in [1.82, 2.24) is 8.87 Å². The zero-order valence-corrected chi connectivity index (χ0v) is 17.4. The van der Waals surface area contributed by atoms with Gasteiger partial charge in [-0.3, -0.25) is 4.79 Å². The molecule has 0 N–H and O–H groups in total. The van der Waals surface area contributed by atoms with Gasteiger partial charge in [0.15, 0.2) is 0 Å². The first-order valence-corrected chi connectivity index (χ1v) is 11.1. The van der Waals surface area contributed by atoms with Gasteiger partial charge in [-0.1, -0.05) is 0 Å². The standard InChI is InChI=1S/C20H25N3O5S/c1-21-14-17(29(25,26)22-8-10-28-11-9-22)13-19(21)20(24)23-7-3-4-15-12-16(27-2)5-6-18(15)23/h5-6,12-14H,3-4,7-11H2,1-2H3. The van der Waals surface area contributed by atoms with Crippen molar-refractivity contribution in [3.8, 4) is 5.75 Å². The maximum Gasteiger partial charge on any atom is 0.274 e. The van der Waals surface area contributed by atoms with Crippen molar-refractivity contribution in [2.24, 2.45) is 7.05 Å². The molecule has 0 saturated carbocycles. The van der Waals surface area contributed by atoms with E-state index in [2.05, 4.69) is 0 Å². The van der Waals surface area contributed by atoms with Crippen LogP contribution >= 0.6 is 0 Å². The van der Waals surface area contributed by atoms with E-state index in [1.54, 1.807) is 23.6 Å². The molecule has 1 fully saturated rings. The molecule has 0 radical (unpaired) electrons. The number of fused-ring (bicyclic) bond motifs is 1. The summed E-state index contributed by atoms with van der Waals surface area (Å²) in [6.45, 7) is 2.00. The summed E-state index contributed by atoms with van der Waals surface area (Å²) in [5.41, 5.74) is 2.25. The van der Waals surface area contributed by atoms with Crippen molar-refractivity contribution in [3.63, 3.8) is 0 Å². The van der Waals surface area contributed by atoms with Crippen LogP contribution in [0, 0.1) is 0 Å². The molecule has 1 aromatic heterocycles. The number of hydrogen-bond donors (Lipinski definition) is 0. The molecule has 0 spiro atoms. The highest BCUT2D eigenvalue weighted by molar-refractivity contribution is 7.89. The topological polar surface area (TPSA) is 81.1 Å². The normalized spacial score (nSPS) is 17.8. The number of carbonyl (C=O) groups excluding carboxylic acids is 1. The van der Waals surface area contributed by atoms with Crippen LogP contribution in [0.25, 0.3) is 0 Å². The maximum atomic E-state index is 13.3. The van der Waals surface area contributed by atoms with Gasteiger partial charge >= 0.3 is 0 Å². The Morgan fingerprint density at radius 3 is 2.62 bits per heavy atom. The van der Waals surface area contributed by atoms with Crippen molar-refractivity contribution in [2.75, 3.05) is 44.9 Å². The van der Waals surface area contributed by atoms with Crippen molar-refractivity contribution in [2.45, 2.75) is 17.7 Å². The summed E-state index contributed by atoms with van der Waals surface area (Å²) in [5, 5.41) is 0. The number of hydrogen-bond acceptors (Lipinski definition) is 5. The van der Waals surface area contributed by atoms with E-state index in [9.17, 15) is 13.2 Å². The second kappa shape index (κ2) is 7.81. The molecule has 1 saturated heterocycles. The molecule has 9 heteroatoms. The van der Waals surface area contributed by atoms with Crippen LogP contribution in [0.15, 0.2) is 35.4 Å². The monoisotopic (exact) mass is 419 g/mol. The van der Waals surface area contributed by atoms with Gasteiger partial charge in [0.1, 0.15) is 16.3 Å². The van der Waals surface area contributed by atoms with Crippen molar-refractivity contribution in [3.05, 3.63) is 41.7 Å². The summed E-state index contributed by atoms with van der Waals surface area (Å²) in [4.78, 5) is 15.2. The van der Waals surface area contributed by atoms with Crippen LogP contribution < -0.4 is 9.64 Å². The predicted molar refractivity (Wildman–Crippen MR) is 108 cm³/mol. The Hall–Kier alpha value is -2.36. The quantitative estimate of drug-likeness (QED) is 0.753. The Balaban J connectivity index is 1.64. The van der Waals surface area contributed by atoms with Gasteiger partial charge in [0, 0.05) is 38.6 Å². The minimum atomic E-state index is -3.65. The number of morpholine rings is 1. The molecular formula is C20H25N3O5S. The van der Waals surface area contributed by atoms with Gasteiger partial charge in [0.2, 0.25) is 10.0 Å². The van der Waals surface area contributed by atoms with Crippen LogP contribution in [0.5, 0.6) is 5.75 Å². The Kier molecular flexibility index (Phi) is 5.37. The van der Waals surface area contributed by atoms with E-state index in [0.717, 1.165) is 29.8 Å². The van der Waals surface area contributed by atoms with Gasteiger partial charge in [0.25, 0.3) is 5.91 Å². The van der Waals surface area contributed by atoms with Crippen molar-refractivity contribution in [1.29, 1.82) is 0 Å². The number of aromatic nitrogens is 1. The zero-order chi connectivity index (χ0) is 20.6. The van der Waals surface area contributed by atoms with Crippen LogP contribution in [0.1, 0.15) is 22.5 Å². The molecule has 156 valence electrons. The minimum absolute atomic E-state index is 0.136. The molecule has 0 atom stereocenters. The first-order valence-electron chi connectivity index (χ1n) is 9.65. The highest BCUT2D eigenvalue weighted by atomic mass is 32.2. The number of carbonyl (C=O) groups is 1. The Labute approximate surface area is 170 Å². The van der Waals surface area contributed by atoms with Crippen LogP contribution in [0.4, 0.5) is 5.69 Å². The number of benzene rings is 1.